The zero-order valence-corrected chi connectivity index (χ0v) is 13.0. The van der Waals surface area contributed by atoms with E-state index >= 15 is 0 Å². The Morgan fingerprint density at radius 1 is 1.23 bits per heavy atom. The maximum atomic E-state index is 12.7. The van der Waals surface area contributed by atoms with Gasteiger partial charge in [-0.15, -0.1) is 0 Å². The second-order valence-electron chi connectivity index (χ2n) is 6.60. The van der Waals surface area contributed by atoms with Crippen LogP contribution in [-0.4, -0.2) is 49.1 Å². The third kappa shape index (κ3) is 2.80. The molecule has 0 bridgehead atoms. The van der Waals surface area contributed by atoms with E-state index in [1.165, 1.54) is 0 Å². The number of aliphatic carboxylic acids is 1. The third-order valence-electron chi connectivity index (χ3n) is 4.81. The summed E-state index contributed by atoms with van der Waals surface area (Å²) in [6, 6.07) is 7.48. The van der Waals surface area contributed by atoms with Gasteiger partial charge in [-0.25, -0.2) is 0 Å². The van der Waals surface area contributed by atoms with Gasteiger partial charge in [-0.3, -0.25) is 9.59 Å². The lowest BCUT2D eigenvalue weighted by atomic mass is 9.92. The average molecular weight is 302 g/mol. The van der Waals surface area contributed by atoms with Crippen molar-refractivity contribution in [2.24, 2.45) is 17.8 Å². The number of carboxylic acid groups (broad SMARTS) is 1. The van der Waals surface area contributed by atoms with E-state index in [2.05, 4.69) is 0 Å². The molecule has 2 aliphatic rings. The van der Waals surface area contributed by atoms with Gasteiger partial charge in [-0.2, -0.15) is 0 Å². The van der Waals surface area contributed by atoms with Crippen LogP contribution in [0.3, 0.4) is 0 Å². The fraction of sp³-hybridized carbons (Fsp3) is 0.529. The van der Waals surface area contributed by atoms with Gasteiger partial charge in [0.2, 0.25) is 0 Å². The van der Waals surface area contributed by atoms with Crippen LogP contribution in [-0.2, 0) is 4.79 Å². The Kier molecular flexibility index (Phi) is 3.81. The van der Waals surface area contributed by atoms with Crippen molar-refractivity contribution in [1.82, 2.24) is 4.90 Å². The molecule has 118 valence electrons. The third-order valence-corrected chi connectivity index (χ3v) is 4.81. The molecule has 2 fully saturated rings. The number of hydrogen-bond donors (Lipinski definition) is 1. The van der Waals surface area contributed by atoms with Crippen molar-refractivity contribution in [1.29, 1.82) is 0 Å². The molecule has 0 unspecified atom stereocenters. The predicted octanol–water partition coefficient (Wildman–Crippen LogP) is 1.94. The fourth-order valence-corrected chi connectivity index (χ4v) is 3.36. The van der Waals surface area contributed by atoms with Gasteiger partial charge < -0.3 is 14.9 Å². The highest BCUT2D eigenvalue weighted by Crippen LogP contribution is 2.44. The Labute approximate surface area is 130 Å². The number of carbonyl (C=O) groups excluding carboxylic acids is 1. The van der Waals surface area contributed by atoms with E-state index in [0.29, 0.717) is 24.6 Å². The molecule has 1 amide bonds. The summed E-state index contributed by atoms with van der Waals surface area (Å²) in [5.74, 6) is -0.619. The van der Waals surface area contributed by atoms with Crippen LogP contribution in [0.25, 0.3) is 0 Å². The Balaban J connectivity index is 1.78. The number of amides is 1. The van der Waals surface area contributed by atoms with Gasteiger partial charge in [0.15, 0.2) is 0 Å². The molecule has 1 aliphatic heterocycles. The van der Waals surface area contributed by atoms with Gasteiger partial charge in [-0.1, -0.05) is 6.07 Å². The summed E-state index contributed by atoms with van der Waals surface area (Å²) < 4.78 is 0. The zero-order chi connectivity index (χ0) is 15.9. The molecule has 0 radical (unpaired) electrons. The molecule has 1 aliphatic carbocycles. The van der Waals surface area contributed by atoms with E-state index in [1.54, 1.807) is 11.0 Å². The summed E-state index contributed by atoms with van der Waals surface area (Å²) in [5, 5.41) is 9.40. The summed E-state index contributed by atoms with van der Waals surface area (Å²) in [7, 11) is 3.87. The number of rotatable bonds is 4. The predicted molar refractivity (Wildman–Crippen MR) is 84.0 cm³/mol. The van der Waals surface area contributed by atoms with E-state index in [9.17, 15) is 14.7 Å². The van der Waals surface area contributed by atoms with Crippen LogP contribution >= 0.6 is 0 Å². The fourth-order valence-electron chi connectivity index (χ4n) is 3.36. The SMILES string of the molecule is CN(C)c1cccc(C(=O)N2C[C@H](C(=O)O)[C@@H](C3CC3)C2)c1. The Bertz CT molecular complexity index is 595. The molecule has 1 saturated heterocycles. The zero-order valence-electron chi connectivity index (χ0n) is 13.0. The molecule has 5 nitrogen and oxygen atoms in total. The molecule has 5 heteroatoms. The highest BCUT2D eigenvalue weighted by molar-refractivity contribution is 5.95. The number of nitrogens with zero attached hydrogens (tertiary/aromatic N) is 2. The topological polar surface area (TPSA) is 60.9 Å². The van der Waals surface area contributed by atoms with Crippen LogP contribution in [0.4, 0.5) is 5.69 Å². The lowest BCUT2D eigenvalue weighted by Gasteiger charge is -2.18. The van der Waals surface area contributed by atoms with Crippen LogP contribution < -0.4 is 4.90 Å². The number of benzene rings is 1. The molecule has 1 aromatic carbocycles. The standard InChI is InChI=1S/C17H22N2O3/c1-18(2)13-5-3-4-12(8-13)16(20)19-9-14(11-6-7-11)15(10-19)17(21)22/h3-5,8,11,14-15H,6-7,9-10H2,1-2H3,(H,21,22)/t14-,15+/m1/s1. The highest BCUT2D eigenvalue weighted by atomic mass is 16.4. The first kappa shape index (κ1) is 14.9. The van der Waals surface area contributed by atoms with Gasteiger partial charge in [0.1, 0.15) is 0 Å². The van der Waals surface area contributed by atoms with E-state index < -0.39 is 11.9 Å². The van der Waals surface area contributed by atoms with E-state index in [0.717, 1.165) is 18.5 Å². The van der Waals surface area contributed by atoms with Crippen LogP contribution in [0.15, 0.2) is 24.3 Å². The number of carboxylic acids is 1. The van der Waals surface area contributed by atoms with Gasteiger partial charge in [0.05, 0.1) is 5.92 Å². The minimum Gasteiger partial charge on any atom is -0.481 e. The minimum atomic E-state index is -0.769. The molecule has 1 aromatic rings. The first-order valence-corrected chi connectivity index (χ1v) is 7.77. The van der Waals surface area contributed by atoms with E-state index in [-0.39, 0.29) is 11.8 Å². The lowest BCUT2D eigenvalue weighted by Crippen LogP contribution is -2.30. The normalized spacial score (nSPS) is 24.4. The van der Waals surface area contributed by atoms with Gasteiger partial charge >= 0.3 is 5.97 Å². The second-order valence-corrected chi connectivity index (χ2v) is 6.60. The molecule has 22 heavy (non-hydrogen) atoms. The molecule has 0 spiro atoms. The quantitative estimate of drug-likeness (QED) is 0.923. The van der Waals surface area contributed by atoms with Gasteiger partial charge in [-0.05, 0) is 42.9 Å². The average Bonchev–Trinajstić information content (AvgIpc) is 3.25. The Morgan fingerprint density at radius 3 is 2.55 bits per heavy atom. The molecule has 1 N–H and O–H groups in total. The van der Waals surface area contributed by atoms with Crippen molar-refractivity contribution in [3.63, 3.8) is 0 Å². The van der Waals surface area contributed by atoms with Crippen molar-refractivity contribution in [2.45, 2.75) is 12.8 Å². The van der Waals surface area contributed by atoms with Crippen molar-refractivity contribution >= 4 is 17.6 Å². The molecule has 1 heterocycles. The molecule has 3 rings (SSSR count). The van der Waals surface area contributed by atoms with Crippen molar-refractivity contribution < 1.29 is 14.7 Å². The van der Waals surface area contributed by atoms with E-state index in [4.69, 9.17) is 0 Å². The first-order valence-electron chi connectivity index (χ1n) is 7.77. The van der Waals surface area contributed by atoms with Gasteiger partial charge in [0, 0.05) is 38.4 Å². The summed E-state index contributed by atoms with van der Waals surface area (Å²) in [6.45, 7) is 0.911. The van der Waals surface area contributed by atoms with Crippen molar-refractivity contribution in [3.05, 3.63) is 29.8 Å². The lowest BCUT2D eigenvalue weighted by molar-refractivity contribution is -0.142. The molecule has 1 saturated carbocycles. The monoisotopic (exact) mass is 302 g/mol. The van der Waals surface area contributed by atoms with E-state index in [1.807, 2.05) is 37.2 Å². The minimum absolute atomic E-state index is 0.0573. The van der Waals surface area contributed by atoms with Crippen LogP contribution in [0, 0.1) is 17.8 Å². The highest BCUT2D eigenvalue weighted by Gasteiger charge is 2.46. The van der Waals surface area contributed by atoms with Crippen molar-refractivity contribution in [2.75, 3.05) is 32.1 Å². The van der Waals surface area contributed by atoms with Crippen molar-refractivity contribution in [3.8, 4) is 0 Å². The first-order chi connectivity index (χ1) is 10.5. The van der Waals surface area contributed by atoms with Crippen LogP contribution in [0.2, 0.25) is 0 Å². The summed E-state index contributed by atoms with van der Waals surface area (Å²) in [6.07, 6.45) is 2.21. The number of likely N-dealkylation sites (tertiary alicyclic amines) is 1. The molecular formula is C17H22N2O3. The smallest absolute Gasteiger partial charge is 0.308 e. The second kappa shape index (κ2) is 5.63. The summed E-state index contributed by atoms with van der Waals surface area (Å²) >= 11 is 0. The number of carbonyl (C=O) groups is 2. The molecular weight excluding hydrogens is 280 g/mol. The summed E-state index contributed by atoms with van der Waals surface area (Å²) in [5.41, 5.74) is 1.60. The van der Waals surface area contributed by atoms with Gasteiger partial charge in [0.25, 0.3) is 5.91 Å². The summed E-state index contributed by atoms with van der Waals surface area (Å²) in [4.78, 5) is 27.8. The molecule has 0 aromatic heterocycles. The number of hydrogen-bond acceptors (Lipinski definition) is 3. The largest absolute Gasteiger partial charge is 0.481 e. The maximum absolute atomic E-state index is 12.7. The maximum Gasteiger partial charge on any atom is 0.308 e. The molecule has 2 atom stereocenters. The Morgan fingerprint density at radius 2 is 1.95 bits per heavy atom. The Hall–Kier alpha value is -2.04. The van der Waals surface area contributed by atoms with Crippen LogP contribution in [0.5, 0.6) is 0 Å². The number of anilines is 1. The van der Waals surface area contributed by atoms with Crippen LogP contribution in [0.1, 0.15) is 23.2 Å².